The molecule has 2 unspecified atom stereocenters. The fourth-order valence-electron chi connectivity index (χ4n) is 2.71. The zero-order valence-corrected chi connectivity index (χ0v) is 15.3. The van der Waals surface area contributed by atoms with Crippen molar-refractivity contribution in [3.8, 4) is 0 Å². The van der Waals surface area contributed by atoms with Crippen molar-refractivity contribution in [3.63, 3.8) is 0 Å². The Labute approximate surface area is 149 Å². The number of benzene rings is 1. The molecule has 5 nitrogen and oxygen atoms in total. The van der Waals surface area contributed by atoms with Gasteiger partial charge < -0.3 is 4.90 Å². The van der Waals surface area contributed by atoms with Crippen molar-refractivity contribution in [2.75, 3.05) is 16.4 Å². The molecule has 0 aliphatic carbocycles. The topological polar surface area (TPSA) is 66.8 Å². The van der Waals surface area contributed by atoms with E-state index in [1.165, 1.54) is 11.8 Å². The van der Waals surface area contributed by atoms with Crippen molar-refractivity contribution in [2.24, 2.45) is 4.99 Å². The van der Waals surface area contributed by atoms with Crippen LogP contribution in [-0.4, -0.2) is 42.3 Å². The molecule has 3 rings (SSSR count). The normalized spacial score (nSPS) is 27.4. The van der Waals surface area contributed by atoms with Gasteiger partial charge in [-0.25, -0.2) is 8.42 Å². The van der Waals surface area contributed by atoms with Crippen molar-refractivity contribution in [1.29, 1.82) is 0 Å². The van der Waals surface area contributed by atoms with E-state index in [0.29, 0.717) is 27.3 Å². The Bertz CT molecular complexity index is 795. The van der Waals surface area contributed by atoms with Crippen LogP contribution in [0.2, 0.25) is 10.0 Å². The van der Waals surface area contributed by atoms with E-state index in [9.17, 15) is 13.2 Å². The van der Waals surface area contributed by atoms with Gasteiger partial charge in [-0.3, -0.25) is 4.79 Å². The summed E-state index contributed by atoms with van der Waals surface area (Å²) < 4.78 is 23.9. The highest BCUT2D eigenvalue weighted by Gasteiger charge is 2.49. The maximum absolute atomic E-state index is 11.9. The number of sulfone groups is 1. The third-order valence-corrected chi connectivity index (χ3v) is 7.51. The van der Waals surface area contributed by atoms with Crippen molar-refractivity contribution < 1.29 is 13.2 Å². The van der Waals surface area contributed by atoms with Crippen LogP contribution in [0.4, 0.5) is 5.69 Å². The fraction of sp³-hybridized carbons (Fsp3) is 0.429. The number of amides is 1. The molecule has 23 heavy (non-hydrogen) atoms. The standard InChI is InChI=1S/C14H14Cl2N2O3S2/c1-2-13(19)17-14-18(10-4-3-8(15)5-9(10)16)11-6-23(20,21)7-12(11)22-14/h3-5,11-12H,2,6-7H2,1H3. The lowest BCUT2D eigenvalue weighted by Gasteiger charge is -2.25. The second kappa shape index (κ2) is 6.27. The quantitative estimate of drug-likeness (QED) is 0.773. The maximum atomic E-state index is 11.9. The molecule has 2 heterocycles. The molecule has 2 aliphatic heterocycles. The zero-order valence-electron chi connectivity index (χ0n) is 12.2. The van der Waals surface area contributed by atoms with Crippen molar-refractivity contribution in [3.05, 3.63) is 28.2 Å². The number of anilines is 1. The number of halogens is 2. The van der Waals surface area contributed by atoms with Crippen LogP contribution in [0.5, 0.6) is 0 Å². The number of hydrogen-bond acceptors (Lipinski definition) is 4. The number of rotatable bonds is 2. The average molecular weight is 393 g/mol. The molecule has 0 bridgehead atoms. The molecule has 2 saturated heterocycles. The number of carbonyl (C=O) groups excluding carboxylic acids is 1. The molecule has 2 atom stereocenters. The van der Waals surface area contributed by atoms with Crippen LogP contribution in [0.1, 0.15) is 13.3 Å². The smallest absolute Gasteiger partial charge is 0.247 e. The molecule has 9 heteroatoms. The van der Waals surface area contributed by atoms with E-state index >= 15 is 0 Å². The molecule has 1 amide bonds. The summed E-state index contributed by atoms with van der Waals surface area (Å²) in [5, 5.41) is 1.25. The van der Waals surface area contributed by atoms with Gasteiger partial charge in [0.25, 0.3) is 0 Å². The average Bonchev–Trinajstić information content (AvgIpc) is 2.91. The Balaban J connectivity index is 2.06. The molecule has 2 aliphatic rings. The van der Waals surface area contributed by atoms with Gasteiger partial charge in [0.15, 0.2) is 15.0 Å². The number of hydrogen-bond donors (Lipinski definition) is 0. The largest absolute Gasteiger partial charge is 0.314 e. The van der Waals surface area contributed by atoms with E-state index in [1.807, 2.05) is 0 Å². The van der Waals surface area contributed by atoms with Crippen molar-refractivity contribution in [1.82, 2.24) is 0 Å². The predicted molar refractivity (Wildman–Crippen MR) is 95.5 cm³/mol. The summed E-state index contributed by atoms with van der Waals surface area (Å²) in [6.45, 7) is 1.73. The van der Waals surface area contributed by atoms with Gasteiger partial charge in [0.05, 0.1) is 28.3 Å². The van der Waals surface area contributed by atoms with E-state index in [0.717, 1.165) is 0 Å². The number of aliphatic imine (C=N–C) groups is 1. The first-order valence-electron chi connectivity index (χ1n) is 7.03. The molecular formula is C14H14Cl2N2O3S2. The van der Waals surface area contributed by atoms with E-state index in [2.05, 4.69) is 4.99 Å². The summed E-state index contributed by atoms with van der Waals surface area (Å²) in [5.74, 6) is -0.128. The summed E-state index contributed by atoms with van der Waals surface area (Å²) in [6.07, 6.45) is 0.292. The minimum Gasteiger partial charge on any atom is -0.314 e. The second-order valence-corrected chi connectivity index (χ2v) is 9.61. The Morgan fingerprint density at radius 3 is 2.78 bits per heavy atom. The highest BCUT2D eigenvalue weighted by molar-refractivity contribution is 8.16. The van der Waals surface area contributed by atoms with Crippen LogP contribution in [0.3, 0.4) is 0 Å². The van der Waals surface area contributed by atoms with Gasteiger partial charge in [0.1, 0.15) is 0 Å². The Kier molecular flexibility index (Phi) is 4.66. The summed E-state index contributed by atoms with van der Waals surface area (Å²) in [6, 6.07) is 4.74. The lowest BCUT2D eigenvalue weighted by molar-refractivity contribution is -0.117. The van der Waals surface area contributed by atoms with Crippen molar-refractivity contribution in [2.45, 2.75) is 24.6 Å². The first-order valence-corrected chi connectivity index (χ1v) is 10.5. The van der Waals surface area contributed by atoms with Crippen LogP contribution in [0.15, 0.2) is 23.2 Å². The third kappa shape index (κ3) is 3.38. The van der Waals surface area contributed by atoms with Crippen molar-refractivity contribution >= 4 is 61.6 Å². The van der Waals surface area contributed by atoms with E-state index in [4.69, 9.17) is 23.2 Å². The minimum absolute atomic E-state index is 0.0307. The molecule has 0 spiro atoms. The van der Waals surface area contributed by atoms with Gasteiger partial charge in [0, 0.05) is 16.7 Å². The number of fused-ring (bicyclic) bond motifs is 1. The Morgan fingerprint density at radius 2 is 2.13 bits per heavy atom. The van der Waals surface area contributed by atoms with Gasteiger partial charge in [0.2, 0.25) is 5.91 Å². The van der Waals surface area contributed by atoms with Gasteiger partial charge in [-0.15, -0.1) is 0 Å². The molecule has 0 N–H and O–H groups in total. The first kappa shape index (κ1) is 17.1. The summed E-state index contributed by atoms with van der Waals surface area (Å²) in [7, 11) is -3.10. The molecule has 0 aromatic heterocycles. The number of thioether (sulfide) groups is 1. The van der Waals surface area contributed by atoms with E-state index < -0.39 is 9.84 Å². The van der Waals surface area contributed by atoms with Gasteiger partial charge in [-0.2, -0.15) is 4.99 Å². The summed E-state index contributed by atoms with van der Waals surface area (Å²) in [4.78, 5) is 17.6. The third-order valence-electron chi connectivity index (χ3n) is 3.76. The molecule has 124 valence electrons. The van der Waals surface area contributed by atoms with Crippen LogP contribution in [-0.2, 0) is 14.6 Å². The lowest BCUT2D eigenvalue weighted by atomic mass is 10.2. The highest BCUT2D eigenvalue weighted by atomic mass is 35.5. The first-order chi connectivity index (χ1) is 10.8. The predicted octanol–water partition coefficient (Wildman–Crippen LogP) is 3.00. The molecule has 0 radical (unpaired) electrons. The molecule has 2 fully saturated rings. The van der Waals surface area contributed by atoms with Crippen LogP contribution in [0.25, 0.3) is 0 Å². The number of amidine groups is 1. The minimum atomic E-state index is -3.10. The second-order valence-electron chi connectivity index (χ2n) is 5.41. The Hall–Kier alpha value is -0.760. The maximum Gasteiger partial charge on any atom is 0.247 e. The Morgan fingerprint density at radius 1 is 1.39 bits per heavy atom. The summed E-state index contributed by atoms with van der Waals surface area (Å²) in [5.41, 5.74) is 0.621. The number of nitrogens with zero attached hydrogens (tertiary/aromatic N) is 2. The van der Waals surface area contributed by atoms with E-state index in [-0.39, 0.29) is 28.7 Å². The lowest BCUT2D eigenvalue weighted by Crippen LogP contribution is -2.37. The molecule has 1 aromatic carbocycles. The van der Waals surface area contributed by atoms with Crippen LogP contribution in [0, 0.1) is 0 Å². The highest BCUT2D eigenvalue weighted by Crippen LogP contribution is 2.43. The van der Waals surface area contributed by atoms with Gasteiger partial charge in [-0.05, 0) is 18.2 Å². The van der Waals surface area contributed by atoms with Crippen LogP contribution < -0.4 is 4.90 Å². The number of carbonyl (C=O) groups is 1. The van der Waals surface area contributed by atoms with Gasteiger partial charge >= 0.3 is 0 Å². The SMILES string of the molecule is CCC(=O)N=C1SC2CS(=O)(=O)CC2N1c1ccc(Cl)cc1Cl. The monoisotopic (exact) mass is 392 g/mol. The molecule has 1 aromatic rings. The van der Waals surface area contributed by atoms with E-state index in [1.54, 1.807) is 30.0 Å². The summed E-state index contributed by atoms with van der Waals surface area (Å²) >= 11 is 13.5. The van der Waals surface area contributed by atoms with Crippen LogP contribution >= 0.6 is 35.0 Å². The fourth-order valence-corrected chi connectivity index (χ4v) is 7.13. The zero-order chi connectivity index (χ0) is 16.8. The molecular weight excluding hydrogens is 379 g/mol. The van der Waals surface area contributed by atoms with Gasteiger partial charge in [-0.1, -0.05) is 41.9 Å². The molecule has 0 saturated carbocycles.